The molecular formula is C31H27ClFN3O2. The van der Waals surface area contributed by atoms with E-state index in [2.05, 4.69) is 6.07 Å². The van der Waals surface area contributed by atoms with Gasteiger partial charge in [0.1, 0.15) is 24.0 Å². The number of Topliss-reactive ketones (excluding diaryl/α,β-unsaturated/α-hetero) is 1. The molecule has 38 heavy (non-hydrogen) atoms. The number of aryl methyl sites for hydroxylation is 2. The van der Waals surface area contributed by atoms with Gasteiger partial charge in [-0.3, -0.25) is 9.69 Å². The first-order valence-corrected chi connectivity index (χ1v) is 12.9. The minimum absolute atomic E-state index is 0.0446. The first-order valence-electron chi connectivity index (χ1n) is 12.5. The molecule has 2 aliphatic rings. The summed E-state index contributed by atoms with van der Waals surface area (Å²) in [6, 6.07) is 19.7. The van der Waals surface area contributed by atoms with Gasteiger partial charge in [-0.25, -0.2) is 4.39 Å². The SMILES string of the molecule is Cc1cc(C)c(C2C(C#N)=C(N)N(c3ccccc3F)C3=C2C(=O)CCC3)cc1COc1ccc(Cl)cc1. The van der Waals surface area contributed by atoms with Gasteiger partial charge in [-0.1, -0.05) is 35.9 Å². The molecule has 0 amide bonds. The Bertz CT molecular complexity index is 1540. The van der Waals surface area contributed by atoms with E-state index in [1.165, 1.54) is 6.07 Å². The Kier molecular flexibility index (Phi) is 6.96. The lowest BCUT2D eigenvalue weighted by Gasteiger charge is -2.40. The average Bonchev–Trinajstić information content (AvgIpc) is 2.89. The predicted molar refractivity (Wildman–Crippen MR) is 146 cm³/mol. The minimum Gasteiger partial charge on any atom is -0.489 e. The standard InChI is InChI=1S/C31H27ClFN3O2/c1-18-14-19(2)23(15-20(18)17-38-22-12-10-21(32)11-13-22)29-24(16-34)31(35)36(26-7-4-3-6-25(26)33)27-8-5-9-28(37)30(27)29/h3-4,6-7,10-15,29H,5,8-9,17,35H2,1-2H3. The van der Waals surface area contributed by atoms with Crippen LogP contribution in [0.4, 0.5) is 10.1 Å². The summed E-state index contributed by atoms with van der Waals surface area (Å²) in [5.41, 5.74) is 12.0. The number of benzene rings is 3. The molecule has 2 N–H and O–H groups in total. The Balaban J connectivity index is 1.63. The van der Waals surface area contributed by atoms with E-state index in [1.54, 1.807) is 47.4 Å². The Labute approximate surface area is 226 Å². The van der Waals surface area contributed by atoms with Crippen molar-refractivity contribution in [3.8, 4) is 11.8 Å². The molecule has 0 saturated heterocycles. The van der Waals surface area contributed by atoms with Crippen LogP contribution in [0, 0.1) is 31.0 Å². The second kappa shape index (κ2) is 10.4. The number of nitriles is 1. The van der Waals surface area contributed by atoms with Crippen molar-refractivity contribution in [2.45, 2.75) is 45.6 Å². The largest absolute Gasteiger partial charge is 0.489 e. The Morgan fingerprint density at radius 2 is 1.84 bits per heavy atom. The van der Waals surface area contributed by atoms with Crippen LogP contribution in [0.5, 0.6) is 5.75 Å². The highest BCUT2D eigenvalue weighted by molar-refractivity contribution is 6.30. The number of ketones is 1. The van der Waals surface area contributed by atoms with Gasteiger partial charge in [0, 0.05) is 22.7 Å². The van der Waals surface area contributed by atoms with E-state index >= 15 is 0 Å². The third-order valence-electron chi connectivity index (χ3n) is 7.25. The molecule has 1 heterocycles. The van der Waals surface area contributed by atoms with E-state index in [0.29, 0.717) is 47.9 Å². The number of ether oxygens (including phenoxy) is 1. The first-order chi connectivity index (χ1) is 18.3. The van der Waals surface area contributed by atoms with Crippen LogP contribution < -0.4 is 15.4 Å². The number of allylic oxidation sites excluding steroid dienone is 3. The van der Waals surface area contributed by atoms with Gasteiger partial charge in [-0.2, -0.15) is 5.26 Å². The van der Waals surface area contributed by atoms with E-state index in [9.17, 15) is 14.4 Å². The second-order valence-electron chi connectivity index (χ2n) is 9.65. The van der Waals surface area contributed by atoms with Crippen LogP contribution in [0.1, 0.15) is 47.4 Å². The van der Waals surface area contributed by atoms with Gasteiger partial charge < -0.3 is 10.5 Å². The van der Waals surface area contributed by atoms with Gasteiger partial charge in [-0.05, 0) is 85.3 Å². The number of carbonyl (C=O) groups excluding carboxylic acids is 1. The fraction of sp³-hybridized carbons (Fsp3) is 0.226. The molecule has 1 aliphatic carbocycles. The van der Waals surface area contributed by atoms with Crippen molar-refractivity contribution < 1.29 is 13.9 Å². The van der Waals surface area contributed by atoms with Gasteiger partial charge in [-0.15, -0.1) is 0 Å². The normalized spacial score (nSPS) is 17.4. The summed E-state index contributed by atoms with van der Waals surface area (Å²) in [5.74, 6) is -0.319. The molecule has 0 radical (unpaired) electrons. The topological polar surface area (TPSA) is 79.4 Å². The van der Waals surface area contributed by atoms with E-state index in [1.807, 2.05) is 26.0 Å². The molecule has 1 unspecified atom stereocenters. The van der Waals surface area contributed by atoms with E-state index in [0.717, 1.165) is 22.3 Å². The summed E-state index contributed by atoms with van der Waals surface area (Å²) >= 11 is 5.99. The van der Waals surface area contributed by atoms with Crippen LogP contribution in [-0.2, 0) is 11.4 Å². The number of nitrogens with zero attached hydrogens (tertiary/aromatic N) is 2. The number of carbonyl (C=O) groups is 1. The number of anilines is 1. The molecule has 0 saturated carbocycles. The van der Waals surface area contributed by atoms with Crippen LogP contribution in [0.25, 0.3) is 0 Å². The van der Waals surface area contributed by atoms with Crippen molar-refractivity contribution in [1.29, 1.82) is 5.26 Å². The maximum Gasteiger partial charge on any atom is 0.161 e. The smallest absolute Gasteiger partial charge is 0.161 e. The second-order valence-corrected chi connectivity index (χ2v) is 10.1. The highest BCUT2D eigenvalue weighted by Crippen LogP contribution is 2.47. The number of nitrogens with two attached hydrogens (primary N) is 1. The number of hydrogen-bond acceptors (Lipinski definition) is 5. The van der Waals surface area contributed by atoms with Crippen molar-refractivity contribution in [3.63, 3.8) is 0 Å². The molecule has 3 aromatic carbocycles. The zero-order valence-corrected chi connectivity index (χ0v) is 22.0. The third-order valence-corrected chi connectivity index (χ3v) is 7.50. The van der Waals surface area contributed by atoms with Crippen LogP contribution in [0.2, 0.25) is 5.02 Å². The Morgan fingerprint density at radius 1 is 1.11 bits per heavy atom. The summed E-state index contributed by atoms with van der Waals surface area (Å²) in [5, 5.41) is 10.9. The van der Waals surface area contributed by atoms with Crippen molar-refractivity contribution in [2.24, 2.45) is 5.73 Å². The van der Waals surface area contributed by atoms with Crippen LogP contribution in [0.15, 0.2) is 83.3 Å². The first kappa shape index (κ1) is 25.6. The summed E-state index contributed by atoms with van der Waals surface area (Å²) in [4.78, 5) is 15.0. The molecule has 5 nitrogen and oxygen atoms in total. The van der Waals surface area contributed by atoms with Crippen molar-refractivity contribution in [3.05, 3.63) is 116 Å². The molecule has 1 atom stereocenters. The van der Waals surface area contributed by atoms with E-state index in [-0.39, 0.29) is 22.9 Å². The average molecular weight is 528 g/mol. The lowest BCUT2D eigenvalue weighted by Crippen LogP contribution is -2.39. The predicted octanol–water partition coefficient (Wildman–Crippen LogP) is 6.98. The summed E-state index contributed by atoms with van der Waals surface area (Å²) < 4.78 is 20.9. The molecule has 5 rings (SSSR count). The quantitative estimate of drug-likeness (QED) is 0.387. The zero-order valence-electron chi connectivity index (χ0n) is 21.2. The molecule has 192 valence electrons. The Hall–Kier alpha value is -4.08. The summed E-state index contributed by atoms with van der Waals surface area (Å²) in [7, 11) is 0. The summed E-state index contributed by atoms with van der Waals surface area (Å²) in [6.07, 6.45) is 1.57. The zero-order chi connectivity index (χ0) is 27.0. The van der Waals surface area contributed by atoms with Crippen molar-refractivity contribution >= 4 is 23.1 Å². The van der Waals surface area contributed by atoms with E-state index < -0.39 is 11.7 Å². The Morgan fingerprint density at radius 3 is 2.55 bits per heavy atom. The number of hydrogen-bond donors (Lipinski definition) is 1. The molecule has 0 fully saturated rings. The molecular weight excluding hydrogens is 501 g/mol. The molecule has 7 heteroatoms. The van der Waals surface area contributed by atoms with Gasteiger partial charge in [0.15, 0.2) is 5.78 Å². The third kappa shape index (κ3) is 4.55. The molecule has 0 aromatic heterocycles. The monoisotopic (exact) mass is 527 g/mol. The molecule has 0 bridgehead atoms. The van der Waals surface area contributed by atoms with Gasteiger partial charge >= 0.3 is 0 Å². The maximum absolute atomic E-state index is 14.9. The number of halogens is 2. The highest BCUT2D eigenvalue weighted by atomic mass is 35.5. The lowest BCUT2D eigenvalue weighted by molar-refractivity contribution is -0.116. The lowest BCUT2D eigenvalue weighted by atomic mass is 9.74. The fourth-order valence-corrected chi connectivity index (χ4v) is 5.51. The van der Waals surface area contributed by atoms with Crippen molar-refractivity contribution in [2.75, 3.05) is 4.90 Å². The van der Waals surface area contributed by atoms with Gasteiger partial charge in [0.2, 0.25) is 0 Å². The number of rotatable bonds is 5. The summed E-state index contributed by atoms with van der Waals surface area (Å²) in [6.45, 7) is 4.27. The molecule has 3 aromatic rings. The fourth-order valence-electron chi connectivity index (χ4n) is 5.38. The maximum atomic E-state index is 14.9. The minimum atomic E-state index is -0.638. The molecule has 1 aliphatic heterocycles. The van der Waals surface area contributed by atoms with Gasteiger partial charge in [0.05, 0.1) is 23.2 Å². The highest BCUT2D eigenvalue weighted by Gasteiger charge is 2.41. The van der Waals surface area contributed by atoms with Crippen LogP contribution >= 0.6 is 11.6 Å². The number of para-hydroxylation sites is 1. The molecule has 0 spiro atoms. The van der Waals surface area contributed by atoms with Crippen molar-refractivity contribution in [1.82, 2.24) is 0 Å². The van der Waals surface area contributed by atoms with E-state index in [4.69, 9.17) is 22.1 Å². The van der Waals surface area contributed by atoms with Gasteiger partial charge in [0.25, 0.3) is 0 Å². The van der Waals surface area contributed by atoms with Crippen LogP contribution in [-0.4, -0.2) is 5.78 Å². The van der Waals surface area contributed by atoms with Crippen LogP contribution in [0.3, 0.4) is 0 Å².